The average molecular weight is 342 g/mol. The highest BCUT2D eigenvalue weighted by Crippen LogP contribution is 2.57. The molecule has 4 aliphatic rings. The van der Waals surface area contributed by atoms with Gasteiger partial charge in [-0.2, -0.15) is 0 Å². The summed E-state index contributed by atoms with van der Waals surface area (Å²) < 4.78 is 0. The van der Waals surface area contributed by atoms with E-state index in [1.807, 2.05) is 11.9 Å². The van der Waals surface area contributed by atoms with Gasteiger partial charge in [0.1, 0.15) is 0 Å². The van der Waals surface area contributed by atoms with Crippen molar-refractivity contribution in [2.75, 3.05) is 14.1 Å². The average Bonchev–Trinajstić information content (AvgIpc) is 2.58. The van der Waals surface area contributed by atoms with Gasteiger partial charge in [0, 0.05) is 30.8 Å². The molecule has 4 aliphatic carbocycles. The van der Waals surface area contributed by atoms with E-state index in [1.54, 1.807) is 24.3 Å². The number of hydrogen-bond donors (Lipinski definition) is 1. The van der Waals surface area contributed by atoms with Crippen molar-refractivity contribution >= 4 is 11.8 Å². The molecule has 0 spiro atoms. The SMILES string of the molecule is CN(O)C(=O)c1ccc(C(=O)N(C)C23CC4CC(CC(C4)C2)C3)cc1. The van der Waals surface area contributed by atoms with Gasteiger partial charge in [-0.1, -0.05) is 0 Å². The van der Waals surface area contributed by atoms with Gasteiger partial charge in [-0.15, -0.1) is 0 Å². The maximum absolute atomic E-state index is 13.1. The van der Waals surface area contributed by atoms with Crippen LogP contribution in [0.2, 0.25) is 0 Å². The number of rotatable bonds is 3. The van der Waals surface area contributed by atoms with Crippen molar-refractivity contribution < 1.29 is 14.8 Å². The zero-order valence-electron chi connectivity index (χ0n) is 14.9. The van der Waals surface area contributed by atoms with E-state index in [0.29, 0.717) is 16.2 Å². The van der Waals surface area contributed by atoms with Crippen molar-refractivity contribution in [1.29, 1.82) is 0 Å². The van der Waals surface area contributed by atoms with Gasteiger partial charge < -0.3 is 4.90 Å². The first kappa shape index (κ1) is 16.6. The summed E-state index contributed by atoms with van der Waals surface area (Å²) in [6.45, 7) is 0. The summed E-state index contributed by atoms with van der Waals surface area (Å²) in [7, 11) is 3.25. The van der Waals surface area contributed by atoms with Crippen LogP contribution in [0.5, 0.6) is 0 Å². The van der Waals surface area contributed by atoms with E-state index < -0.39 is 5.91 Å². The van der Waals surface area contributed by atoms with Gasteiger partial charge in [0.25, 0.3) is 11.8 Å². The Morgan fingerprint density at radius 2 is 1.28 bits per heavy atom. The minimum atomic E-state index is -0.478. The van der Waals surface area contributed by atoms with Crippen LogP contribution in [-0.4, -0.2) is 46.6 Å². The van der Waals surface area contributed by atoms with E-state index in [9.17, 15) is 14.8 Å². The van der Waals surface area contributed by atoms with Gasteiger partial charge in [-0.3, -0.25) is 14.8 Å². The number of amides is 2. The number of carbonyl (C=O) groups is 2. The highest BCUT2D eigenvalue weighted by atomic mass is 16.5. The van der Waals surface area contributed by atoms with Gasteiger partial charge in [-0.25, -0.2) is 5.06 Å². The minimum Gasteiger partial charge on any atom is -0.336 e. The van der Waals surface area contributed by atoms with E-state index in [-0.39, 0.29) is 11.4 Å². The van der Waals surface area contributed by atoms with E-state index in [1.165, 1.54) is 26.3 Å². The van der Waals surface area contributed by atoms with Gasteiger partial charge in [-0.05, 0) is 80.5 Å². The second-order valence-corrected chi connectivity index (χ2v) is 8.41. The molecular weight excluding hydrogens is 316 g/mol. The molecule has 0 unspecified atom stereocenters. The fraction of sp³-hybridized carbons (Fsp3) is 0.600. The molecule has 5 rings (SSSR count). The highest BCUT2D eigenvalue weighted by Gasteiger charge is 2.53. The van der Waals surface area contributed by atoms with Gasteiger partial charge >= 0.3 is 0 Å². The molecule has 4 fully saturated rings. The van der Waals surface area contributed by atoms with Gasteiger partial charge in [0.15, 0.2) is 0 Å². The number of hydroxylamine groups is 2. The Balaban J connectivity index is 1.54. The molecule has 0 heterocycles. The molecule has 25 heavy (non-hydrogen) atoms. The van der Waals surface area contributed by atoms with Crippen LogP contribution in [-0.2, 0) is 0 Å². The van der Waals surface area contributed by atoms with E-state index in [0.717, 1.165) is 37.0 Å². The third-order valence-corrected chi connectivity index (χ3v) is 6.69. The largest absolute Gasteiger partial charge is 0.336 e. The Morgan fingerprint density at radius 3 is 1.68 bits per heavy atom. The molecule has 4 saturated carbocycles. The second-order valence-electron chi connectivity index (χ2n) is 8.41. The number of nitrogens with zero attached hydrogens (tertiary/aromatic N) is 2. The summed E-state index contributed by atoms with van der Waals surface area (Å²) in [5.74, 6) is 1.94. The van der Waals surface area contributed by atoms with Crippen LogP contribution in [0, 0.1) is 17.8 Å². The summed E-state index contributed by atoms with van der Waals surface area (Å²) in [5.41, 5.74) is 1.01. The van der Waals surface area contributed by atoms with Crippen LogP contribution in [0.3, 0.4) is 0 Å². The lowest BCUT2D eigenvalue weighted by Crippen LogP contribution is -2.60. The van der Waals surface area contributed by atoms with E-state index >= 15 is 0 Å². The van der Waals surface area contributed by atoms with Crippen molar-refractivity contribution in [2.24, 2.45) is 17.8 Å². The van der Waals surface area contributed by atoms with Crippen LogP contribution in [0.1, 0.15) is 59.2 Å². The third-order valence-electron chi connectivity index (χ3n) is 6.69. The zero-order valence-corrected chi connectivity index (χ0v) is 14.9. The normalized spacial score (nSPS) is 32.5. The van der Waals surface area contributed by atoms with Crippen LogP contribution < -0.4 is 0 Å². The standard InChI is InChI=1S/C20H26N2O3/c1-21(20-10-13-7-14(11-20)9-15(8-13)12-20)18(23)16-3-5-17(6-4-16)19(24)22(2)25/h3-6,13-15,25H,7-12H2,1-2H3. The Kier molecular flexibility index (Phi) is 3.87. The Morgan fingerprint density at radius 1 is 0.880 bits per heavy atom. The lowest BCUT2D eigenvalue weighted by molar-refractivity contribution is -0.0665. The molecule has 134 valence electrons. The van der Waals surface area contributed by atoms with Crippen LogP contribution in [0.4, 0.5) is 0 Å². The maximum atomic E-state index is 13.1. The molecule has 1 aromatic rings. The van der Waals surface area contributed by atoms with Crippen LogP contribution in [0.25, 0.3) is 0 Å². The Bertz CT molecular complexity index is 660. The fourth-order valence-electron chi connectivity index (χ4n) is 5.83. The maximum Gasteiger partial charge on any atom is 0.276 e. The molecule has 0 saturated heterocycles. The predicted octanol–water partition coefficient (Wildman–Crippen LogP) is 3.19. The molecule has 4 bridgehead atoms. The van der Waals surface area contributed by atoms with E-state index in [4.69, 9.17) is 0 Å². The summed E-state index contributed by atoms with van der Waals surface area (Å²) in [6.07, 6.45) is 7.50. The minimum absolute atomic E-state index is 0.0334. The first-order valence-electron chi connectivity index (χ1n) is 9.23. The molecule has 2 amide bonds. The monoisotopic (exact) mass is 342 g/mol. The van der Waals surface area contributed by atoms with Crippen molar-refractivity contribution in [3.05, 3.63) is 35.4 Å². The van der Waals surface area contributed by atoms with Crippen molar-refractivity contribution in [3.8, 4) is 0 Å². The quantitative estimate of drug-likeness (QED) is 0.678. The lowest BCUT2D eigenvalue weighted by atomic mass is 9.52. The molecule has 0 aromatic heterocycles. The van der Waals surface area contributed by atoms with E-state index in [2.05, 4.69) is 0 Å². The number of hydrogen-bond acceptors (Lipinski definition) is 3. The number of benzene rings is 1. The molecule has 1 aromatic carbocycles. The molecule has 0 aliphatic heterocycles. The second kappa shape index (κ2) is 5.84. The Labute approximate surface area is 148 Å². The highest BCUT2D eigenvalue weighted by molar-refractivity contribution is 5.97. The molecule has 1 N–H and O–H groups in total. The first-order chi connectivity index (χ1) is 11.9. The smallest absolute Gasteiger partial charge is 0.276 e. The molecule has 0 atom stereocenters. The van der Waals surface area contributed by atoms with Crippen molar-refractivity contribution in [1.82, 2.24) is 9.96 Å². The topological polar surface area (TPSA) is 60.9 Å². The fourth-order valence-corrected chi connectivity index (χ4v) is 5.83. The van der Waals surface area contributed by atoms with Crippen molar-refractivity contribution in [2.45, 2.75) is 44.1 Å². The van der Waals surface area contributed by atoms with Gasteiger partial charge in [0.05, 0.1) is 0 Å². The first-order valence-corrected chi connectivity index (χ1v) is 9.23. The number of carbonyl (C=O) groups excluding carboxylic acids is 2. The third kappa shape index (κ3) is 2.74. The molecule has 5 heteroatoms. The molecule has 0 radical (unpaired) electrons. The van der Waals surface area contributed by atoms with Crippen LogP contribution in [0.15, 0.2) is 24.3 Å². The predicted molar refractivity (Wildman–Crippen MR) is 93.3 cm³/mol. The van der Waals surface area contributed by atoms with Crippen LogP contribution >= 0.6 is 0 Å². The zero-order chi connectivity index (χ0) is 17.8. The molecule has 5 nitrogen and oxygen atoms in total. The lowest BCUT2D eigenvalue weighted by Gasteiger charge is -2.59. The van der Waals surface area contributed by atoms with Gasteiger partial charge in [0.2, 0.25) is 0 Å². The van der Waals surface area contributed by atoms with Crippen molar-refractivity contribution in [3.63, 3.8) is 0 Å². The molecular formula is C20H26N2O3. The summed E-state index contributed by atoms with van der Waals surface area (Å²) >= 11 is 0. The summed E-state index contributed by atoms with van der Waals surface area (Å²) in [6, 6.07) is 6.60. The Hall–Kier alpha value is -1.88. The summed E-state index contributed by atoms with van der Waals surface area (Å²) in [4.78, 5) is 26.8. The summed E-state index contributed by atoms with van der Waals surface area (Å²) in [5, 5.41) is 9.80.